The van der Waals surface area contributed by atoms with Crippen LogP contribution < -0.4 is 16.0 Å². The monoisotopic (exact) mass is 426 g/mol. The largest absolute Gasteiger partial charge is 0.352 e. The highest BCUT2D eigenvalue weighted by atomic mass is 32.2. The van der Waals surface area contributed by atoms with Crippen LogP contribution in [0.1, 0.15) is 57.8 Å². The van der Waals surface area contributed by atoms with Crippen LogP contribution in [0.2, 0.25) is 0 Å². The number of amides is 3. The van der Waals surface area contributed by atoms with E-state index in [2.05, 4.69) is 16.0 Å². The topological polar surface area (TPSA) is 108 Å². The maximum absolute atomic E-state index is 12.4. The van der Waals surface area contributed by atoms with E-state index in [4.69, 9.17) is 0 Å². The summed E-state index contributed by atoms with van der Waals surface area (Å²) >= 11 is 0. The van der Waals surface area contributed by atoms with E-state index in [0.717, 1.165) is 49.9 Å². The van der Waals surface area contributed by atoms with Gasteiger partial charge in [-0.25, -0.2) is 17.5 Å². The fourth-order valence-corrected chi connectivity index (χ4v) is 7.41. The van der Waals surface area contributed by atoms with Crippen LogP contribution in [-0.2, 0) is 14.8 Å². The number of nitrogens with zero attached hydrogens (tertiary/aromatic N) is 1. The number of sulfonamides is 1. The maximum Gasteiger partial charge on any atom is 0.315 e. The second kappa shape index (κ2) is 8.06. The summed E-state index contributed by atoms with van der Waals surface area (Å²) in [5.74, 6) is 2.17. The number of carbonyl (C=O) groups excluding carboxylic acids is 2. The first-order valence-corrected chi connectivity index (χ1v) is 12.9. The first-order chi connectivity index (χ1) is 13.7. The van der Waals surface area contributed by atoms with Gasteiger partial charge in [-0.1, -0.05) is 0 Å². The summed E-state index contributed by atoms with van der Waals surface area (Å²) in [7, 11) is -3.23. The molecule has 0 aromatic carbocycles. The van der Waals surface area contributed by atoms with Crippen molar-refractivity contribution in [3.8, 4) is 0 Å². The summed E-state index contributed by atoms with van der Waals surface area (Å²) in [6.07, 6.45) is 10.2. The van der Waals surface area contributed by atoms with Gasteiger partial charge in [0.1, 0.15) is 0 Å². The molecule has 0 aromatic heterocycles. The van der Waals surface area contributed by atoms with Crippen molar-refractivity contribution in [1.82, 2.24) is 20.3 Å². The lowest BCUT2D eigenvalue weighted by molar-refractivity contribution is -0.121. The van der Waals surface area contributed by atoms with E-state index in [1.165, 1.54) is 29.8 Å². The lowest BCUT2D eigenvalue weighted by Crippen LogP contribution is -2.61. The van der Waals surface area contributed by atoms with Crippen LogP contribution in [-0.4, -0.2) is 62.1 Å². The van der Waals surface area contributed by atoms with Crippen LogP contribution in [0.25, 0.3) is 0 Å². The summed E-state index contributed by atoms with van der Waals surface area (Å²) < 4.78 is 24.8. The zero-order chi connectivity index (χ0) is 20.6. The highest BCUT2D eigenvalue weighted by molar-refractivity contribution is 7.88. The van der Waals surface area contributed by atoms with E-state index in [0.29, 0.717) is 13.1 Å². The summed E-state index contributed by atoms with van der Waals surface area (Å²) in [6, 6.07) is -0.326. The van der Waals surface area contributed by atoms with Crippen LogP contribution in [0, 0.1) is 17.8 Å². The Labute approximate surface area is 173 Å². The van der Waals surface area contributed by atoms with Crippen molar-refractivity contribution in [1.29, 1.82) is 0 Å². The van der Waals surface area contributed by atoms with Gasteiger partial charge in [0, 0.05) is 37.6 Å². The Morgan fingerprint density at radius 3 is 2.28 bits per heavy atom. The molecule has 5 fully saturated rings. The van der Waals surface area contributed by atoms with E-state index in [1.807, 2.05) is 0 Å². The number of hydrogen-bond acceptors (Lipinski definition) is 4. The molecular weight excluding hydrogens is 392 g/mol. The molecule has 4 aliphatic carbocycles. The molecule has 9 heteroatoms. The van der Waals surface area contributed by atoms with Gasteiger partial charge in [0.25, 0.3) is 0 Å². The third kappa shape index (κ3) is 5.05. The van der Waals surface area contributed by atoms with Crippen molar-refractivity contribution in [3.05, 3.63) is 0 Å². The van der Waals surface area contributed by atoms with Gasteiger partial charge in [-0.3, -0.25) is 4.79 Å². The second-order valence-electron chi connectivity index (χ2n) is 9.86. The van der Waals surface area contributed by atoms with Crippen molar-refractivity contribution in [3.63, 3.8) is 0 Å². The average Bonchev–Trinajstić information content (AvgIpc) is 2.59. The molecule has 1 unspecified atom stereocenters. The summed E-state index contributed by atoms with van der Waals surface area (Å²) in [4.78, 5) is 24.6. The Hall–Kier alpha value is -1.35. The zero-order valence-corrected chi connectivity index (χ0v) is 18.1. The Morgan fingerprint density at radius 1 is 1.07 bits per heavy atom. The lowest BCUT2D eigenvalue weighted by atomic mass is 9.53. The molecular formula is C20H34N4O4S. The van der Waals surface area contributed by atoms with Gasteiger partial charge in [0.15, 0.2) is 0 Å². The van der Waals surface area contributed by atoms with Gasteiger partial charge in [-0.05, 0) is 69.1 Å². The summed E-state index contributed by atoms with van der Waals surface area (Å²) in [6.45, 7) is 1.12. The molecule has 5 aliphatic rings. The zero-order valence-electron chi connectivity index (χ0n) is 17.3. The first kappa shape index (κ1) is 20.9. The van der Waals surface area contributed by atoms with Gasteiger partial charge < -0.3 is 16.0 Å². The van der Waals surface area contributed by atoms with Gasteiger partial charge in [-0.15, -0.1) is 0 Å². The molecule has 3 amide bonds. The molecule has 8 nitrogen and oxygen atoms in total. The van der Waals surface area contributed by atoms with Crippen LogP contribution >= 0.6 is 0 Å². The standard InChI is InChI=1S/C20H34N4O4S/c1-29(27,28)24-6-2-3-17(13-24)22-18(25)4-5-21-19(26)23-20-10-14-7-15(11-20)9-16(8-14)12-20/h14-17H,2-13H2,1H3,(H,22,25)(H2,21,23,26). The third-order valence-corrected chi connectivity index (χ3v) is 8.54. The van der Waals surface area contributed by atoms with Crippen LogP contribution in [0.5, 0.6) is 0 Å². The number of carbonyl (C=O) groups is 2. The van der Waals surface area contributed by atoms with E-state index >= 15 is 0 Å². The minimum Gasteiger partial charge on any atom is -0.352 e. The molecule has 1 heterocycles. The van der Waals surface area contributed by atoms with Gasteiger partial charge in [0.2, 0.25) is 15.9 Å². The van der Waals surface area contributed by atoms with Crippen molar-refractivity contribution < 1.29 is 18.0 Å². The van der Waals surface area contributed by atoms with Crippen LogP contribution in [0.3, 0.4) is 0 Å². The molecule has 3 N–H and O–H groups in total. The van der Waals surface area contributed by atoms with Gasteiger partial charge in [-0.2, -0.15) is 0 Å². The molecule has 1 atom stereocenters. The molecule has 164 valence electrons. The van der Waals surface area contributed by atoms with Crippen molar-refractivity contribution >= 4 is 22.0 Å². The molecule has 1 saturated heterocycles. The predicted octanol–water partition coefficient (Wildman–Crippen LogP) is 1.18. The van der Waals surface area contributed by atoms with E-state index in [-0.39, 0.29) is 36.5 Å². The molecule has 5 rings (SSSR count). The number of piperidine rings is 1. The van der Waals surface area contributed by atoms with Gasteiger partial charge in [0.05, 0.1) is 6.26 Å². The molecule has 0 spiro atoms. The fraction of sp³-hybridized carbons (Fsp3) is 0.900. The summed E-state index contributed by atoms with van der Waals surface area (Å²) in [5, 5.41) is 8.99. The highest BCUT2D eigenvalue weighted by Gasteiger charge is 2.51. The Morgan fingerprint density at radius 2 is 1.69 bits per heavy atom. The Kier molecular flexibility index (Phi) is 5.81. The molecule has 29 heavy (non-hydrogen) atoms. The van der Waals surface area contributed by atoms with Gasteiger partial charge >= 0.3 is 6.03 Å². The normalized spacial score (nSPS) is 36.6. The molecule has 0 radical (unpaired) electrons. The Bertz CT molecular complexity index is 718. The quantitative estimate of drug-likeness (QED) is 0.593. The van der Waals surface area contributed by atoms with Crippen molar-refractivity contribution in [2.75, 3.05) is 25.9 Å². The van der Waals surface area contributed by atoms with Crippen molar-refractivity contribution in [2.24, 2.45) is 17.8 Å². The average molecular weight is 427 g/mol. The molecule has 4 bridgehead atoms. The molecule has 4 saturated carbocycles. The number of hydrogen-bond donors (Lipinski definition) is 3. The SMILES string of the molecule is CS(=O)(=O)N1CCCC(NC(=O)CCNC(=O)NC23CC4CC(CC(C4)C2)C3)C1. The van der Waals surface area contributed by atoms with Crippen LogP contribution in [0.4, 0.5) is 4.79 Å². The smallest absolute Gasteiger partial charge is 0.315 e. The number of nitrogens with one attached hydrogen (secondary N) is 3. The molecule has 1 aliphatic heterocycles. The third-order valence-electron chi connectivity index (χ3n) is 7.27. The first-order valence-electron chi connectivity index (χ1n) is 11.0. The van der Waals surface area contributed by atoms with E-state index in [1.54, 1.807) is 0 Å². The lowest BCUT2D eigenvalue weighted by Gasteiger charge is -2.56. The molecule has 0 aromatic rings. The predicted molar refractivity (Wildman–Crippen MR) is 110 cm³/mol. The number of urea groups is 1. The van der Waals surface area contributed by atoms with E-state index in [9.17, 15) is 18.0 Å². The highest BCUT2D eigenvalue weighted by Crippen LogP contribution is 2.55. The second-order valence-corrected chi connectivity index (χ2v) is 11.8. The minimum absolute atomic E-state index is 0.0295. The Balaban J connectivity index is 1.17. The fourth-order valence-electron chi connectivity index (χ4n) is 6.50. The summed E-state index contributed by atoms with van der Waals surface area (Å²) in [5.41, 5.74) is -0.0295. The van der Waals surface area contributed by atoms with Crippen molar-refractivity contribution in [2.45, 2.75) is 69.4 Å². The van der Waals surface area contributed by atoms with Crippen LogP contribution in [0.15, 0.2) is 0 Å². The minimum atomic E-state index is -3.23. The maximum atomic E-state index is 12.4. The van der Waals surface area contributed by atoms with E-state index < -0.39 is 10.0 Å². The number of rotatable bonds is 6.